The average molecular weight is 863 g/mol. The number of rotatable bonds is 49. The molecular formula is C55H106O6. The lowest BCUT2D eigenvalue weighted by molar-refractivity contribution is -0.167. The summed E-state index contributed by atoms with van der Waals surface area (Å²) in [6.07, 6.45) is 49.5. The van der Waals surface area contributed by atoms with E-state index in [-0.39, 0.29) is 31.1 Å². The van der Waals surface area contributed by atoms with Crippen LogP contribution >= 0.6 is 0 Å². The van der Waals surface area contributed by atoms with Gasteiger partial charge in [0.1, 0.15) is 13.2 Å². The monoisotopic (exact) mass is 863 g/mol. The molecule has 0 amide bonds. The Kier molecular flexibility index (Phi) is 46.6. The SMILES string of the molecule is CCCCCCCCCCCCCC(=O)OC[C@@H](COC(=O)CCCCCCCCCCCCC(C)C)OC(=O)CCCCCCCCCCCCCCCCCCC(C)C. The number of ether oxygens (including phenoxy) is 3. The van der Waals surface area contributed by atoms with Crippen molar-refractivity contribution in [3.05, 3.63) is 0 Å². The van der Waals surface area contributed by atoms with Gasteiger partial charge in [0, 0.05) is 19.3 Å². The molecule has 0 saturated carbocycles. The molecule has 0 aromatic carbocycles. The van der Waals surface area contributed by atoms with E-state index >= 15 is 0 Å². The molecule has 0 bridgehead atoms. The van der Waals surface area contributed by atoms with Gasteiger partial charge in [-0.2, -0.15) is 0 Å². The molecule has 6 heteroatoms. The summed E-state index contributed by atoms with van der Waals surface area (Å²) in [7, 11) is 0. The van der Waals surface area contributed by atoms with E-state index in [2.05, 4.69) is 34.6 Å². The number of esters is 3. The molecule has 0 aromatic heterocycles. The van der Waals surface area contributed by atoms with Crippen molar-refractivity contribution in [1.29, 1.82) is 0 Å². The third-order valence-corrected chi connectivity index (χ3v) is 12.5. The minimum atomic E-state index is -0.761. The Labute approximate surface area is 380 Å². The summed E-state index contributed by atoms with van der Waals surface area (Å²) in [6.45, 7) is 11.4. The van der Waals surface area contributed by atoms with E-state index in [1.165, 1.54) is 193 Å². The van der Waals surface area contributed by atoms with Crippen molar-refractivity contribution in [2.24, 2.45) is 11.8 Å². The molecule has 1 atom stereocenters. The fraction of sp³-hybridized carbons (Fsp3) is 0.945. The zero-order valence-corrected chi connectivity index (χ0v) is 41.8. The maximum absolute atomic E-state index is 12.8. The van der Waals surface area contributed by atoms with Gasteiger partial charge < -0.3 is 14.2 Å². The highest BCUT2D eigenvalue weighted by atomic mass is 16.6. The van der Waals surface area contributed by atoms with Crippen LogP contribution in [-0.2, 0) is 28.6 Å². The van der Waals surface area contributed by atoms with Crippen molar-refractivity contribution < 1.29 is 28.6 Å². The van der Waals surface area contributed by atoms with Crippen LogP contribution in [0.1, 0.15) is 304 Å². The highest BCUT2D eigenvalue weighted by Gasteiger charge is 2.19. The first kappa shape index (κ1) is 59.4. The second-order valence-corrected chi connectivity index (χ2v) is 19.8. The van der Waals surface area contributed by atoms with Gasteiger partial charge in [-0.05, 0) is 31.1 Å². The summed E-state index contributed by atoms with van der Waals surface area (Å²) in [5, 5.41) is 0. The predicted molar refractivity (Wildman–Crippen MR) is 261 cm³/mol. The summed E-state index contributed by atoms with van der Waals surface area (Å²) < 4.78 is 16.8. The molecule has 362 valence electrons. The van der Waals surface area contributed by atoms with E-state index < -0.39 is 6.10 Å². The Balaban J connectivity index is 4.27. The smallest absolute Gasteiger partial charge is 0.306 e. The fourth-order valence-electron chi connectivity index (χ4n) is 8.34. The lowest BCUT2D eigenvalue weighted by atomic mass is 10.0. The molecule has 0 aromatic rings. The van der Waals surface area contributed by atoms with Crippen molar-refractivity contribution >= 4 is 17.9 Å². The second-order valence-electron chi connectivity index (χ2n) is 19.8. The molecule has 0 aliphatic rings. The van der Waals surface area contributed by atoms with Gasteiger partial charge in [0.05, 0.1) is 0 Å². The first-order chi connectivity index (χ1) is 29.7. The van der Waals surface area contributed by atoms with Crippen LogP contribution in [0.2, 0.25) is 0 Å². The summed E-state index contributed by atoms with van der Waals surface area (Å²) in [4.78, 5) is 38.0. The van der Waals surface area contributed by atoms with Crippen LogP contribution in [0.25, 0.3) is 0 Å². The summed E-state index contributed by atoms with van der Waals surface area (Å²) >= 11 is 0. The first-order valence-electron chi connectivity index (χ1n) is 27.2. The molecule has 0 fully saturated rings. The fourth-order valence-corrected chi connectivity index (χ4v) is 8.34. The van der Waals surface area contributed by atoms with Crippen LogP contribution in [0, 0.1) is 11.8 Å². The second kappa shape index (κ2) is 47.9. The van der Waals surface area contributed by atoms with Gasteiger partial charge in [-0.1, -0.05) is 266 Å². The van der Waals surface area contributed by atoms with Crippen molar-refractivity contribution in [2.45, 2.75) is 310 Å². The van der Waals surface area contributed by atoms with Crippen LogP contribution in [0.15, 0.2) is 0 Å². The zero-order valence-electron chi connectivity index (χ0n) is 41.8. The molecule has 0 aliphatic carbocycles. The highest BCUT2D eigenvalue weighted by Crippen LogP contribution is 2.18. The van der Waals surface area contributed by atoms with Crippen LogP contribution in [0.3, 0.4) is 0 Å². The maximum Gasteiger partial charge on any atom is 0.306 e. The lowest BCUT2D eigenvalue weighted by Gasteiger charge is -2.18. The summed E-state index contributed by atoms with van der Waals surface area (Å²) in [6, 6.07) is 0. The molecule has 0 spiro atoms. The van der Waals surface area contributed by atoms with Gasteiger partial charge >= 0.3 is 17.9 Å². The zero-order chi connectivity index (χ0) is 44.7. The number of carbonyl (C=O) groups is 3. The van der Waals surface area contributed by atoms with E-state index in [1.807, 2.05) is 0 Å². The van der Waals surface area contributed by atoms with Crippen molar-refractivity contribution in [3.63, 3.8) is 0 Å². The van der Waals surface area contributed by atoms with Crippen LogP contribution in [-0.4, -0.2) is 37.2 Å². The van der Waals surface area contributed by atoms with Gasteiger partial charge in [0.25, 0.3) is 0 Å². The van der Waals surface area contributed by atoms with E-state index in [0.29, 0.717) is 19.3 Å². The standard InChI is InChI=1S/C55H106O6/c1-6-7-8-9-10-11-18-25-30-35-40-45-53(56)59-48-52(49-60-54(57)46-41-36-31-26-22-21-24-29-34-39-44-51(4)5)61-55(58)47-42-37-32-27-20-17-15-13-12-14-16-19-23-28-33-38-43-50(2)3/h50-52H,6-49H2,1-5H3/t52-/m0/s1. The maximum atomic E-state index is 12.8. The van der Waals surface area contributed by atoms with Crippen molar-refractivity contribution in [1.82, 2.24) is 0 Å². The highest BCUT2D eigenvalue weighted by molar-refractivity contribution is 5.71. The molecule has 61 heavy (non-hydrogen) atoms. The normalized spacial score (nSPS) is 12.0. The van der Waals surface area contributed by atoms with Crippen molar-refractivity contribution in [3.8, 4) is 0 Å². The summed E-state index contributed by atoms with van der Waals surface area (Å²) in [5.41, 5.74) is 0. The van der Waals surface area contributed by atoms with Crippen LogP contribution in [0.4, 0.5) is 0 Å². The number of unbranched alkanes of at least 4 members (excludes halogenated alkanes) is 34. The van der Waals surface area contributed by atoms with Gasteiger partial charge in [-0.25, -0.2) is 0 Å². The molecule has 0 heterocycles. The first-order valence-corrected chi connectivity index (χ1v) is 27.2. The molecule has 0 N–H and O–H groups in total. The van der Waals surface area contributed by atoms with E-state index in [1.54, 1.807) is 0 Å². The molecule has 0 aliphatic heterocycles. The number of hydrogen-bond acceptors (Lipinski definition) is 6. The van der Waals surface area contributed by atoms with Gasteiger partial charge in [0.15, 0.2) is 6.10 Å². The van der Waals surface area contributed by atoms with Gasteiger partial charge in [-0.3, -0.25) is 14.4 Å². The third kappa shape index (κ3) is 49.3. The molecule has 0 saturated heterocycles. The molecule has 0 rings (SSSR count). The number of hydrogen-bond donors (Lipinski definition) is 0. The van der Waals surface area contributed by atoms with E-state index in [9.17, 15) is 14.4 Å². The Bertz CT molecular complexity index is 931. The van der Waals surface area contributed by atoms with E-state index in [0.717, 1.165) is 69.6 Å². The van der Waals surface area contributed by atoms with E-state index in [4.69, 9.17) is 14.2 Å². The molecule has 6 nitrogen and oxygen atoms in total. The quantitative estimate of drug-likeness (QED) is 0.0344. The molecule has 0 radical (unpaired) electrons. The Morgan fingerprint density at radius 1 is 0.311 bits per heavy atom. The van der Waals surface area contributed by atoms with Gasteiger partial charge in [-0.15, -0.1) is 0 Å². The lowest BCUT2D eigenvalue weighted by Crippen LogP contribution is -2.30. The number of carbonyl (C=O) groups excluding carboxylic acids is 3. The van der Waals surface area contributed by atoms with Crippen LogP contribution in [0.5, 0.6) is 0 Å². The predicted octanol–water partition coefficient (Wildman–Crippen LogP) is 17.7. The molecule has 0 unspecified atom stereocenters. The topological polar surface area (TPSA) is 78.9 Å². The average Bonchev–Trinajstić information content (AvgIpc) is 3.23. The van der Waals surface area contributed by atoms with Crippen LogP contribution < -0.4 is 0 Å². The summed E-state index contributed by atoms with van der Waals surface area (Å²) in [5.74, 6) is 0.825. The minimum Gasteiger partial charge on any atom is -0.462 e. The van der Waals surface area contributed by atoms with Gasteiger partial charge in [0.2, 0.25) is 0 Å². The Morgan fingerprint density at radius 2 is 0.541 bits per heavy atom. The minimum absolute atomic E-state index is 0.0633. The largest absolute Gasteiger partial charge is 0.462 e. The Hall–Kier alpha value is -1.59. The molecular weight excluding hydrogens is 757 g/mol. The third-order valence-electron chi connectivity index (χ3n) is 12.5. The Morgan fingerprint density at radius 3 is 0.803 bits per heavy atom. The van der Waals surface area contributed by atoms with Crippen molar-refractivity contribution in [2.75, 3.05) is 13.2 Å².